The number of alkyl halides is 3. The molecule has 1 N–H and O–H groups in total. The number of anilines is 2. The first-order chi connectivity index (χ1) is 11.0. The second-order valence-electron chi connectivity index (χ2n) is 4.81. The molecule has 0 saturated heterocycles. The molecular formula is C14H13F3N4OS. The van der Waals surface area contributed by atoms with Gasteiger partial charge in [-0.15, -0.1) is 0 Å². The summed E-state index contributed by atoms with van der Waals surface area (Å²) in [6, 6.07) is 3.55. The molecular weight excluding hydrogens is 329 g/mol. The molecule has 0 saturated carbocycles. The zero-order valence-electron chi connectivity index (χ0n) is 12.1. The number of benzene rings is 1. The fourth-order valence-electron chi connectivity index (χ4n) is 2.02. The highest BCUT2D eigenvalue weighted by Gasteiger charge is 2.30. The molecule has 3 rings (SSSR count). The Hall–Kier alpha value is -2.13. The van der Waals surface area contributed by atoms with Gasteiger partial charge in [0.25, 0.3) is 0 Å². The van der Waals surface area contributed by atoms with Gasteiger partial charge < -0.3 is 10.1 Å². The van der Waals surface area contributed by atoms with Crippen molar-refractivity contribution in [3.63, 3.8) is 0 Å². The van der Waals surface area contributed by atoms with Gasteiger partial charge in [0.05, 0.1) is 40.8 Å². The van der Waals surface area contributed by atoms with Gasteiger partial charge in [-0.3, -0.25) is 4.68 Å². The van der Waals surface area contributed by atoms with Crippen LogP contribution >= 0.6 is 11.3 Å². The molecule has 0 spiro atoms. The Bertz CT molecular complexity index is 812. The first-order valence-corrected chi connectivity index (χ1v) is 7.53. The molecule has 1 aromatic carbocycles. The number of aromatic nitrogens is 3. The van der Waals surface area contributed by atoms with Crippen molar-refractivity contribution < 1.29 is 17.9 Å². The maximum atomic E-state index is 12.7. The van der Waals surface area contributed by atoms with Crippen LogP contribution < -0.4 is 5.32 Å². The lowest BCUT2D eigenvalue weighted by Crippen LogP contribution is -2.04. The predicted octanol–water partition coefficient (Wildman–Crippen LogP) is 3.90. The number of hydrogen-bond donors (Lipinski definition) is 1. The van der Waals surface area contributed by atoms with Gasteiger partial charge in [-0.25, -0.2) is 4.98 Å². The maximum absolute atomic E-state index is 12.7. The van der Waals surface area contributed by atoms with Crippen molar-refractivity contribution >= 4 is 32.4 Å². The normalized spacial score (nSPS) is 12.0. The lowest BCUT2D eigenvalue weighted by molar-refractivity contribution is -0.137. The van der Waals surface area contributed by atoms with Crippen molar-refractivity contribution in [3.05, 3.63) is 36.2 Å². The van der Waals surface area contributed by atoms with Crippen LogP contribution in [0.25, 0.3) is 10.2 Å². The number of rotatable bonds is 5. The zero-order valence-corrected chi connectivity index (χ0v) is 12.9. The molecule has 9 heteroatoms. The molecule has 3 aromatic rings. The molecule has 0 aliphatic rings. The summed E-state index contributed by atoms with van der Waals surface area (Å²) in [4.78, 5) is 4.20. The van der Waals surface area contributed by atoms with Gasteiger partial charge in [0, 0.05) is 13.3 Å². The highest BCUT2D eigenvalue weighted by atomic mass is 32.1. The van der Waals surface area contributed by atoms with Crippen LogP contribution in [0.15, 0.2) is 30.6 Å². The smallest absolute Gasteiger partial charge is 0.383 e. The summed E-state index contributed by atoms with van der Waals surface area (Å²) in [5, 5.41) is 7.72. The van der Waals surface area contributed by atoms with Crippen LogP contribution in [0.5, 0.6) is 0 Å². The molecule has 5 nitrogen and oxygen atoms in total. The summed E-state index contributed by atoms with van der Waals surface area (Å²) in [6.45, 7) is 1.16. The Labute approximate surface area is 133 Å². The summed E-state index contributed by atoms with van der Waals surface area (Å²) in [7, 11) is 1.61. The van der Waals surface area contributed by atoms with Gasteiger partial charge in [0.2, 0.25) is 0 Å². The minimum absolute atomic E-state index is 0.319. The lowest BCUT2D eigenvalue weighted by atomic mass is 10.2. The quantitative estimate of drug-likeness (QED) is 0.764. The first-order valence-electron chi connectivity index (χ1n) is 6.72. The van der Waals surface area contributed by atoms with E-state index >= 15 is 0 Å². The first kappa shape index (κ1) is 15.8. The number of halogens is 3. The third kappa shape index (κ3) is 3.62. The van der Waals surface area contributed by atoms with Crippen LogP contribution in [-0.2, 0) is 17.5 Å². The largest absolute Gasteiger partial charge is 0.416 e. The second kappa shape index (κ2) is 6.17. The van der Waals surface area contributed by atoms with Crippen LogP contribution in [0.1, 0.15) is 5.56 Å². The van der Waals surface area contributed by atoms with Gasteiger partial charge in [-0.05, 0) is 18.2 Å². The SMILES string of the molecule is COCCn1cc(Nc2nc3cc(C(F)(F)F)ccc3s2)cn1. The van der Waals surface area contributed by atoms with Crippen molar-refractivity contribution in [1.82, 2.24) is 14.8 Å². The number of nitrogens with zero attached hydrogens (tertiary/aromatic N) is 3. The summed E-state index contributed by atoms with van der Waals surface area (Å²) in [6.07, 6.45) is -0.955. The summed E-state index contributed by atoms with van der Waals surface area (Å²) in [5.74, 6) is 0. The summed E-state index contributed by atoms with van der Waals surface area (Å²) >= 11 is 1.29. The molecule has 0 aliphatic carbocycles. The van der Waals surface area contributed by atoms with E-state index in [1.807, 2.05) is 0 Å². The predicted molar refractivity (Wildman–Crippen MR) is 82.0 cm³/mol. The van der Waals surface area contributed by atoms with Crippen LogP contribution in [0.4, 0.5) is 24.0 Å². The van der Waals surface area contributed by atoms with E-state index in [1.165, 1.54) is 17.4 Å². The fraction of sp³-hybridized carbons (Fsp3) is 0.286. The molecule has 0 amide bonds. The standard InChI is InChI=1S/C14H13F3N4OS/c1-22-5-4-21-8-10(7-18-21)19-13-20-11-6-9(14(15,16)17)2-3-12(11)23-13/h2-3,6-8H,4-5H2,1H3,(H,19,20). The van der Waals surface area contributed by atoms with Crippen molar-refractivity contribution in [2.24, 2.45) is 0 Å². The Morgan fingerprint density at radius 3 is 2.91 bits per heavy atom. The van der Waals surface area contributed by atoms with Crippen LogP contribution in [0.2, 0.25) is 0 Å². The number of ether oxygens (including phenoxy) is 1. The number of thiazole rings is 1. The summed E-state index contributed by atoms with van der Waals surface area (Å²) < 4.78 is 45.5. The van der Waals surface area contributed by atoms with Crippen LogP contribution in [0.3, 0.4) is 0 Å². The van der Waals surface area contributed by atoms with E-state index < -0.39 is 11.7 Å². The van der Waals surface area contributed by atoms with Gasteiger partial charge in [0.15, 0.2) is 5.13 Å². The van der Waals surface area contributed by atoms with Gasteiger partial charge in [0.1, 0.15) is 0 Å². The fourth-order valence-corrected chi connectivity index (χ4v) is 2.88. The monoisotopic (exact) mass is 342 g/mol. The molecule has 122 valence electrons. The molecule has 0 bridgehead atoms. The highest BCUT2D eigenvalue weighted by Crippen LogP contribution is 2.34. The zero-order chi connectivity index (χ0) is 16.4. The Morgan fingerprint density at radius 1 is 1.35 bits per heavy atom. The molecule has 0 radical (unpaired) electrons. The Morgan fingerprint density at radius 2 is 2.17 bits per heavy atom. The second-order valence-corrected chi connectivity index (χ2v) is 5.84. The van der Waals surface area contributed by atoms with Gasteiger partial charge >= 0.3 is 6.18 Å². The molecule has 0 aliphatic heterocycles. The molecule has 2 aromatic heterocycles. The van der Waals surface area contributed by atoms with E-state index in [0.29, 0.717) is 28.5 Å². The molecule has 0 unspecified atom stereocenters. The average Bonchev–Trinajstić information content (AvgIpc) is 3.09. The van der Waals surface area contributed by atoms with Crippen LogP contribution in [0, 0.1) is 0 Å². The Balaban J connectivity index is 1.79. The third-order valence-corrected chi connectivity index (χ3v) is 4.08. The van der Waals surface area contributed by atoms with E-state index in [4.69, 9.17) is 4.74 Å². The molecule has 0 fully saturated rings. The van der Waals surface area contributed by atoms with E-state index in [2.05, 4.69) is 15.4 Å². The number of fused-ring (bicyclic) bond motifs is 1. The van der Waals surface area contributed by atoms with Crippen molar-refractivity contribution in [3.8, 4) is 0 Å². The van der Waals surface area contributed by atoms with E-state index in [1.54, 1.807) is 24.2 Å². The van der Waals surface area contributed by atoms with E-state index in [0.717, 1.165) is 17.8 Å². The lowest BCUT2D eigenvalue weighted by Gasteiger charge is -2.04. The number of hydrogen-bond acceptors (Lipinski definition) is 5. The third-order valence-electron chi connectivity index (χ3n) is 3.12. The van der Waals surface area contributed by atoms with Crippen LogP contribution in [-0.4, -0.2) is 28.5 Å². The van der Waals surface area contributed by atoms with Crippen molar-refractivity contribution in [2.45, 2.75) is 12.7 Å². The molecule has 0 atom stereocenters. The minimum Gasteiger partial charge on any atom is -0.383 e. The highest BCUT2D eigenvalue weighted by molar-refractivity contribution is 7.22. The van der Waals surface area contributed by atoms with Gasteiger partial charge in [-0.2, -0.15) is 18.3 Å². The average molecular weight is 342 g/mol. The van der Waals surface area contributed by atoms with Crippen molar-refractivity contribution in [2.75, 3.05) is 19.0 Å². The summed E-state index contributed by atoms with van der Waals surface area (Å²) in [5.41, 5.74) is 0.338. The number of methoxy groups -OCH3 is 1. The van der Waals surface area contributed by atoms with E-state index in [-0.39, 0.29) is 0 Å². The maximum Gasteiger partial charge on any atom is 0.416 e. The van der Waals surface area contributed by atoms with Gasteiger partial charge in [-0.1, -0.05) is 11.3 Å². The number of nitrogens with one attached hydrogen (secondary N) is 1. The molecule has 2 heterocycles. The molecule has 23 heavy (non-hydrogen) atoms. The minimum atomic E-state index is -4.37. The van der Waals surface area contributed by atoms with Crippen molar-refractivity contribution in [1.29, 1.82) is 0 Å². The van der Waals surface area contributed by atoms with E-state index in [9.17, 15) is 13.2 Å². The Kier molecular flexibility index (Phi) is 4.22. The topological polar surface area (TPSA) is 52.0 Å².